The predicted octanol–water partition coefficient (Wildman–Crippen LogP) is 4.06. The van der Waals surface area contributed by atoms with Crippen molar-refractivity contribution in [2.75, 3.05) is 26.2 Å². The fraction of sp³-hybridized carbons (Fsp3) is 0.290. The van der Waals surface area contributed by atoms with Crippen LogP contribution in [0, 0.1) is 0 Å². The number of nitrogens with zero attached hydrogens (tertiary/aromatic N) is 5. The van der Waals surface area contributed by atoms with Crippen LogP contribution in [-0.2, 0) is 11.3 Å². The van der Waals surface area contributed by atoms with Crippen molar-refractivity contribution in [3.05, 3.63) is 96.0 Å². The molecule has 2 aliphatic rings. The molecular weight excluding hydrogens is 488 g/mol. The third kappa shape index (κ3) is 5.47. The maximum atomic E-state index is 13.5. The van der Waals surface area contributed by atoms with Crippen molar-refractivity contribution >= 4 is 28.8 Å². The average molecular weight is 521 g/mol. The minimum absolute atomic E-state index is 0.00457. The number of piperazine rings is 1. The van der Waals surface area contributed by atoms with Gasteiger partial charge in [0.15, 0.2) is 5.69 Å². The molecule has 2 aromatic carbocycles. The van der Waals surface area contributed by atoms with Crippen LogP contribution in [0.2, 0.25) is 0 Å². The highest BCUT2D eigenvalue weighted by molar-refractivity contribution is 6.05. The first kappa shape index (κ1) is 25.0. The number of benzene rings is 2. The molecule has 1 N–H and O–H groups in total. The van der Waals surface area contributed by atoms with Gasteiger partial charge < -0.3 is 10.2 Å². The first-order valence-electron chi connectivity index (χ1n) is 13.6. The van der Waals surface area contributed by atoms with Gasteiger partial charge in [-0.1, -0.05) is 42.8 Å². The predicted molar refractivity (Wildman–Crippen MR) is 151 cm³/mol. The largest absolute Gasteiger partial charge is 0.348 e. The quantitative estimate of drug-likeness (QED) is 0.372. The lowest BCUT2D eigenvalue weighted by atomic mass is 9.91. The monoisotopic (exact) mass is 520 g/mol. The number of para-hydroxylation sites is 1. The van der Waals surface area contributed by atoms with Crippen molar-refractivity contribution in [2.45, 2.75) is 31.8 Å². The van der Waals surface area contributed by atoms with Crippen LogP contribution in [0.25, 0.3) is 22.7 Å². The SMILES string of the molecule is O=C(/C=C/c1ccc(-n2nc(C(=O)N3CCN(C4CCC4)CC3)c3ccccc32)cc1)NCc1cccnc1. The number of carbonyl (C=O) groups excluding carboxylic acids is 2. The fourth-order valence-electron chi connectivity index (χ4n) is 5.26. The number of aromatic nitrogens is 3. The third-order valence-corrected chi connectivity index (χ3v) is 7.74. The molecule has 6 rings (SSSR count). The highest BCUT2D eigenvalue weighted by Crippen LogP contribution is 2.27. The van der Waals surface area contributed by atoms with Gasteiger partial charge in [-0.3, -0.25) is 19.5 Å². The van der Waals surface area contributed by atoms with E-state index in [9.17, 15) is 9.59 Å². The Morgan fingerprint density at radius 1 is 0.949 bits per heavy atom. The van der Waals surface area contributed by atoms with E-state index in [0.717, 1.165) is 53.9 Å². The Morgan fingerprint density at radius 2 is 1.74 bits per heavy atom. The molecule has 1 saturated heterocycles. The molecule has 0 spiro atoms. The first-order valence-corrected chi connectivity index (χ1v) is 13.6. The van der Waals surface area contributed by atoms with E-state index in [2.05, 4.69) is 15.2 Å². The minimum Gasteiger partial charge on any atom is -0.348 e. The Balaban J connectivity index is 1.15. The lowest BCUT2D eigenvalue weighted by Crippen LogP contribution is -2.53. The number of amides is 2. The van der Waals surface area contributed by atoms with Crippen LogP contribution in [-0.4, -0.2) is 68.6 Å². The second kappa shape index (κ2) is 11.2. The maximum Gasteiger partial charge on any atom is 0.275 e. The van der Waals surface area contributed by atoms with E-state index in [1.165, 1.54) is 25.3 Å². The van der Waals surface area contributed by atoms with Crippen molar-refractivity contribution in [3.63, 3.8) is 0 Å². The number of rotatable bonds is 7. The molecule has 8 heteroatoms. The number of pyridine rings is 1. The number of nitrogens with one attached hydrogen (secondary N) is 1. The van der Waals surface area contributed by atoms with Gasteiger partial charge in [0.05, 0.1) is 11.2 Å². The summed E-state index contributed by atoms with van der Waals surface area (Å²) in [5.41, 5.74) is 4.10. The second-order valence-electron chi connectivity index (χ2n) is 10.2. The van der Waals surface area contributed by atoms with Crippen LogP contribution in [0.1, 0.15) is 40.9 Å². The molecule has 0 radical (unpaired) electrons. The summed E-state index contributed by atoms with van der Waals surface area (Å²) in [6, 6.07) is 20.2. The van der Waals surface area contributed by atoms with Crippen LogP contribution in [0.4, 0.5) is 0 Å². The molecule has 2 aromatic heterocycles. The Bertz CT molecular complexity index is 1480. The Labute approximate surface area is 227 Å². The van der Waals surface area contributed by atoms with Crippen molar-refractivity contribution in [1.29, 1.82) is 0 Å². The van der Waals surface area contributed by atoms with E-state index in [4.69, 9.17) is 5.10 Å². The van der Waals surface area contributed by atoms with Gasteiger partial charge in [0.2, 0.25) is 5.91 Å². The van der Waals surface area contributed by atoms with Gasteiger partial charge in [-0.25, -0.2) is 4.68 Å². The van der Waals surface area contributed by atoms with Crippen LogP contribution in [0.15, 0.2) is 79.1 Å². The van der Waals surface area contributed by atoms with Gasteiger partial charge >= 0.3 is 0 Å². The molecule has 1 saturated carbocycles. The molecule has 0 unspecified atom stereocenters. The topological polar surface area (TPSA) is 83.4 Å². The highest BCUT2D eigenvalue weighted by atomic mass is 16.2. The van der Waals surface area contributed by atoms with Crippen molar-refractivity contribution in [1.82, 2.24) is 29.9 Å². The smallest absolute Gasteiger partial charge is 0.275 e. The Hall–Kier alpha value is -4.30. The first-order chi connectivity index (χ1) is 19.2. The molecule has 39 heavy (non-hydrogen) atoms. The maximum absolute atomic E-state index is 13.5. The van der Waals surface area contributed by atoms with Gasteiger partial charge in [0.1, 0.15) is 0 Å². The summed E-state index contributed by atoms with van der Waals surface area (Å²) >= 11 is 0. The van der Waals surface area contributed by atoms with Crippen LogP contribution in [0.5, 0.6) is 0 Å². The molecule has 8 nitrogen and oxygen atoms in total. The van der Waals surface area contributed by atoms with Crippen molar-refractivity contribution in [2.24, 2.45) is 0 Å². The molecule has 0 atom stereocenters. The van der Waals surface area contributed by atoms with E-state index in [-0.39, 0.29) is 11.8 Å². The molecule has 3 heterocycles. The van der Waals surface area contributed by atoms with E-state index < -0.39 is 0 Å². The molecular formula is C31H32N6O2. The fourth-order valence-corrected chi connectivity index (χ4v) is 5.26. The summed E-state index contributed by atoms with van der Waals surface area (Å²) in [6.07, 6.45) is 10.6. The zero-order chi connectivity index (χ0) is 26.6. The number of hydrogen-bond donors (Lipinski definition) is 1. The van der Waals surface area contributed by atoms with E-state index >= 15 is 0 Å². The summed E-state index contributed by atoms with van der Waals surface area (Å²) < 4.78 is 1.83. The summed E-state index contributed by atoms with van der Waals surface area (Å²) in [6.45, 7) is 3.79. The number of carbonyl (C=O) groups is 2. The third-order valence-electron chi connectivity index (χ3n) is 7.74. The van der Waals surface area contributed by atoms with Crippen LogP contribution < -0.4 is 5.32 Å². The van der Waals surface area contributed by atoms with E-state index in [0.29, 0.717) is 18.3 Å². The lowest BCUT2D eigenvalue weighted by molar-refractivity contribution is -0.116. The minimum atomic E-state index is -0.169. The molecule has 1 aliphatic heterocycles. The van der Waals surface area contributed by atoms with Crippen molar-refractivity contribution in [3.8, 4) is 5.69 Å². The molecule has 4 aromatic rings. The summed E-state index contributed by atoms with van der Waals surface area (Å²) in [4.78, 5) is 34.3. The standard InChI is InChI=1S/C31H32N6O2/c38-29(33-22-24-5-4-16-32-21-24)15-12-23-10-13-26(14-11-23)37-28-9-2-1-8-27(28)30(34-37)31(39)36-19-17-35(18-20-36)25-6-3-7-25/h1-2,4-5,8-16,21,25H,3,6-7,17-20,22H2,(H,33,38)/b15-12+. The average Bonchev–Trinajstić information content (AvgIpc) is 3.35. The summed E-state index contributed by atoms with van der Waals surface area (Å²) in [5, 5.41) is 8.52. The molecule has 2 fully saturated rings. The van der Waals surface area contributed by atoms with Gasteiger partial charge in [0.25, 0.3) is 5.91 Å². The summed E-state index contributed by atoms with van der Waals surface area (Å²) in [5.74, 6) is -0.173. The van der Waals surface area contributed by atoms with E-state index in [1.54, 1.807) is 18.5 Å². The highest BCUT2D eigenvalue weighted by Gasteiger charge is 2.31. The number of hydrogen-bond acceptors (Lipinski definition) is 5. The second-order valence-corrected chi connectivity index (χ2v) is 10.2. The van der Waals surface area contributed by atoms with Crippen molar-refractivity contribution < 1.29 is 9.59 Å². The zero-order valence-electron chi connectivity index (χ0n) is 21.9. The number of fused-ring (bicyclic) bond motifs is 1. The summed E-state index contributed by atoms with van der Waals surface area (Å²) in [7, 11) is 0. The van der Waals surface area contributed by atoms with Gasteiger partial charge in [-0.15, -0.1) is 0 Å². The van der Waals surface area contributed by atoms with E-state index in [1.807, 2.05) is 70.2 Å². The van der Waals surface area contributed by atoms with Crippen LogP contribution in [0.3, 0.4) is 0 Å². The van der Waals surface area contributed by atoms with Gasteiger partial charge in [0, 0.05) is 62.6 Å². The van der Waals surface area contributed by atoms with Crippen LogP contribution >= 0.6 is 0 Å². The molecule has 0 bridgehead atoms. The molecule has 2 amide bonds. The lowest BCUT2D eigenvalue weighted by Gasteiger charge is -2.42. The van der Waals surface area contributed by atoms with Gasteiger partial charge in [-0.2, -0.15) is 5.10 Å². The normalized spacial score (nSPS) is 16.5. The Morgan fingerprint density at radius 3 is 2.46 bits per heavy atom. The van der Waals surface area contributed by atoms with Gasteiger partial charge in [-0.05, 0) is 54.3 Å². The zero-order valence-corrected chi connectivity index (χ0v) is 21.9. The Kier molecular flexibility index (Phi) is 7.19. The molecule has 198 valence electrons. The molecule has 1 aliphatic carbocycles.